The van der Waals surface area contributed by atoms with Crippen molar-refractivity contribution in [3.8, 4) is 0 Å². The molecule has 4 N–H and O–H groups in total. The van der Waals surface area contributed by atoms with Crippen LogP contribution in [0.2, 0.25) is 0 Å². The molecule has 0 aromatic rings. The SMILES string of the molecule is CC(=C\C=C\C(C)=C\C[C@@H](O)C[C@@H](C)O)/C=C(C)/C=C/C(=O)O[C@H]1CCCC(=O)O[C@@H]([C@@H](C)C/C(C)=C/[C@@H](C)[C@H](O)C[C@@H](C)O)C/C=C\C[C@@H]1C. The van der Waals surface area contributed by atoms with Crippen LogP contribution in [0.5, 0.6) is 0 Å². The molecule has 0 saturated carbocycles. The summed E-state index contributed by atoms with van der Waals surface area (Å²) in [5.74, 6) is -0.582. The van der Waals surface area contributed by atoms with E-state index in [1.807, 2.05) is 71.1 Å². The van der Waals surface area contributed by atoms with Gasteiger partial charge in [-0.05, 0) is 98.3 Å². The lowest BCUT2D eigenvalue weighted by molar-refractivity contribution is -0.151. The van der Waals surface area contributed by atoms with Gasteiger partial charge in [-0.3, -0.25) is 4.79 Å². The van der Waals surface area contributed by atoms with Gasteiger partial charge >= 0.3 is 11.9 Å². The first-order chi connectivity index (χ1) is 24.0. The van der Waals surface area contributed by atoms with Crippen LogP contribution < -0.4 is 0 Å². The minimum absolute atomic E-state index is 0.0808. The Morgan fingerprint density at radius 2 is 1.59 bits per heavy atom. The maximum absolute atomic E-state index is 12.9. The number of aliphatic hydroxyl groups is 4. The van der Waals surface area contributed by atoms with Gasteiger partial charge in [-0.1, -0.05) is 97.7 Å². The number of allylic oxidation sites excluding steroid dienone is 10. The second-order valence-corrected chi connectivity index (χ2v) is 14.9. The molecule has 0 amide bonds. The molecule has 0 radical (unpaired) electrons. The Morgan fingerprint density at radius 3 is 2.25 bits per heavy atom. The fraction of sp³-hybridized carbons (Fsp3) is 0.628. The Morgan fingerprint density at radius 1 is 0.922 bits per heavy atom. The van der Waals surface area contributed by atoms with Crippen molar-refractivity contribution in [1.82, 2.24) is 0 Å². The first kappa shape index (κ1) is 46.0. The summed E-state index contributed by atoms with van der Waals surface area (Å²) in [5, 5.41) is 39.2. The monoisotopic (exact) mass is 712 g/mol. The third-order valence-corrected chi connectivity index (χ3v) is 9.09. The van der Waals surface area contributed by atoms with E-state index >= 15 is 0 Å². The minimum atomic E-state index is -0.612. The second kappa shape index (κ2) is 25.0. The van der Waals surface area contributed by atoms with E-state index in [1.165, 1.54) is 6.08 Å². The van der Waals surface area contributed by atoms with Gasteiger partial charge in [0.25, 0.3) is 0 Å². The lowest BCUT2D eigenvalue weighted by Gasteiger charge is -2.26. The average molecular weight is 713 g/mol. The Balaban J connectivity index is 2.77. The van der Waals surface area contributed by atoms with Crippen molar-refractivity contribution < 1.29 is 39.5 Å². The predicted molar refractivity (Wildman–Crippen MR) is 207 cm³/mol. The van der Waals surface area contributed by atoms with Gasteiger partial charge < -0.3 is 29.9 Å². The molecule has 0 saturated heterocycles. The molecule has 0 spiro atoms. The van der Waals surface area contributed by atoms with Crippen LogP contribution in [0.15, 0.2) is 83.1 Å². The quantitative estimate of drug-likeness (QED) is 0.0514. The predicted octanol–water partition coefficient (Wildman–Crippen LogP) is 8.18. The molecule has 1 heterocycles. The molecule has 8 nitrogen and oxygen atoms in total. The molecule has 1 aliphatic rings. The standard InChI is InChI=1S/C43H68O8/c1-29(20-22-38(46)27-36(8)44)14-12-15-30(2)24-31(3)21-23-43(49)50-40-18-13-19-42(48)51-41(17-11-10-16-33(40)5)35(7)26-32(4)25-34(6)39(47)28-37(9)45/h10-12,14-15,20-21,23-25,33-41,44-47H,13,16-19,22,26-28H2,1-9H3/b11-10-,14-12+,23-21+,29-20+,30-15+,31-24+,32-25+/t33-,34+,35-,36+,37+,38+,39+,40-,41+/m0/s1. The van der Waals surface area contributed by atoms with Crippen molar-refractivity contribution in [3.63, 3.8) is 0 Å². The maximum atomic E-state index is 12.9. The van der Waals surface area contributed by atoms with Crippen LogP contribution in [0, 0.1) is 17.8 Å². The number of esters is 2. The van der Waals surface area contributed by atoms with Crippen molar-refractivity contribution in [1.29, 1.82) is 0 Å². The van der Waals surface area contributed by atoms with E-state index in [9.17, 15) is 30.0 Å². The highest BCUT2D eigenvalue weighted by molar-refractivity contribution is 5.82. The molecule has 1 aliphatic heterocycles. The Hall–Kier alpha value is -3.04. The molecule has 0 fully saturated rings. The van der Waals surface area contributed by atoms with Crippen LogP contribution in [0.4, 0.5) is 0 Å². The number of hydrogen-bond donors (Lipinski definition) is 4. The van der Waals surface area contributed by atoms with Crippen molar-refractivity contribution >= 4 is 11.9 Å². The van der Waals surface area contributed by atoms with Gasteiger partial charge in [0, 0.05) is 24.8 Å². The molecule has 0 aliphatic carbocycles. The van der Waals surface area contributed by atoms with Crippen molar-refractivity contribution in [2.75, 3.05) is 0 Å². The molecular weight excluding hydrogens is 644 g/mol. The van der Waals surface area contributed by atoms with Crippen molar-refractivity contribution in [3.05, 3.63) is 83.1 Å². The third kappa shape index (κ3) is 21.8. The van der Waals surface area contributed by atoms with Gasteiger partial charge in [0.15, 0.2) is 0 Å². The summed E-state index contributed by atoms with van der Waals surface area (Å²) in [6.07, 6.45) is 21.0. The van der Waals surface area contributed by atoms with Gasteiger partial charge in [-0.25, -0.2) is 4.79 Å². The number of carbonyl (C=O) groups is 2. The number of rotatable bonds is 17. The van der Waals surface area contributed by atoms with E-state index in [0.717, 1.165) is 35.1 Å². The summed E-state index contributed by atoms with van der Waals surface area (Å²) in [7, 11) is 0. The van der Waals surface area contributed by atoms with E-state index in [4.69, 9.17) is 9.47 Å². The van der Waals surface area contributed by atoms with Crippen molar-refractivity contribution in [2.45, 2.75) is 157 Å². The smallest absolute Gasteiger partial charge is 0.331 e. The van der Waals surface area contributed by atoms with E-state index < -0.39 is 30.4 Å². The van der Waals surface area contributed by atoms with E-state index in [2.05, 4.69) is 26.0 Å². The topological polar surface area (TPSA) is 134 Å². The average Bonchev–Trinajstić information content (AvgIpc) is 3.02. The van der Waals surface area contributed by atoms with E-state index in [0.29, 0.717) is 38.5 Å². The Kier molecular flexibility index (Phi) is 22.6. The summed E-state index contributed by atoms with van der Waals surface area (Å²) in [4.78, 5) is 25.7. The Labute approximate surface area is 308 Å². The summed E-state index contributed by atoms with van der Waals surface area (Å²) in [6.45, 7) is 17.3. The zero-order chi connectivity index (χ0) is 38.5. The minimum Gasteiger partial charge on any atom is -0.462 e. The zero-order valence-electron chi connectivity index (χ0n) is 32.8. The molecule has 8 heteroatoms. The van der Waals surface area contributed by atoms with E-state index in [-0.39, 0.29) is 42.4 Å². The number of cyclic esters (lactones) is 1. The number of carbonyl (C=O) groups excluding carboxylic acids is 2. The van der Waals surface area contributed by atoms with Crippen LogP contribution in [-0.4, -0.2) is 69.0 Å². The fourth-order valence-electron chi connectivity index (χ4n) is 6.13. The molecule has 0 aromatic heterocycles. The molecule has 0 aromatic carbocycles. The van der Waals surface area contributed by atoms with Crippen LogP contribution in [0.25, 0.3) is 0 Å². The van der Waals surface area contributed by atoms with Gasteiger partial charge in [-0.15, -0.1) is 0 Å². The summed E-state index contributed by atoms with van der Waals surface area (Å²) in [6, 6.07) is 0. The van der Waals surface area contributed by atoms with Crippen molar-refractivity contribution in [2.24, 2.45) is 17.8 Å². The summed E-state index contributed by atoms with van der Waals surface area (Å²) < 4.78 is 11.8. The van der Waals surface area contributed by atoms with Gasteiger partial charge in [-0.2, -0.15) is 0 Å². The summed E-state index contributed by atoms with van der Waals surface area (Å²) in [5.41, 5.74) is 4.05. The van der Waals surface area contributed by atoms with Gasteiger partial charge in [0.1, 0.15) is 12.2 Å². The highest BCUT2D eigenvalue weighted by Gasteiger charge is 2.25. The molecule has 0 bridgehead atoms. The van der Waals surface area contributed by atoms with Gasteiger partial charge in [0.2, 0.25) is 0 Å². The number of ether oxygens (including phenoxy) is 2. The highest BCUT2D eigenvalue weighted by Crippen LogP contribution is 2.26. The molecule has 0 unspecified atom stereocenters. The van der Waals surface area contributed by atoms with Gasteiger partial charge in [0.05, 0.1) is 24.4 Å². The zero-order valence-corrected chi connectivity index (χ0v) is 32.8. The normalized spacial score (nSPS) is 25.0. The molecule has 288 valence electrons. The molecule has 51 heavy (non-hydrogen) atoms. The highest BCUT2D eigenvalue weighted by atomic mass is 16.5. The van der Waals surface area contributed by atoms with Crippen LogP contribution >= 0.6 is 0 Å². The van der Waals surface area contributed by atoms with Crippen LogP contribution in [-0.2, 0) is 19.1 Å². The fourth-order valence-corrected chi connectivity index (χ4v) is 6.13. The largest absolute Gasteiger partial charge is 0.462 e. The van der Waals surface area contributed by atoms with E-state index in [1.54, 1.807) is 19.9 Å². The third-order valence-electron chi connectivity index (χ3n) is 9.09. The molecule has 9 atom stereocenters. The second-order valence-electron chi connectivity index (χ2n) is 14.9. The number of aliphatic hydroxyl groups excluding tert-OH is 4. The van der Waals surface area contributed by atoms with Crippen LogP contribution in [0.1, 0.15) is 120 Å². The molecule has 1 rings (SSSR count). The number of hydrogen-bond acceptors (Lipinski definition) is 8. The lowest BCUT2D eigenvalue weighted by atomic mass is 9.90. The first-order valence-corrected chi connectivity index (χ1v) is 18.8. The first-order valence-electron chi connectivity index (χ1n) is 18.8. The van der Waals surface area contributed by atoms with Crippen LogP contribution in [0.3, 0.4) is 0 Å². The Bertz CT molecular complexity index is 1260. The lowest BCUT2D eigenvalue weighted by Crippen LogP contribution is -2.27. The summed E-state index contributed by atoms with van der Waals surface area (Å²) >= 11 is 0. The molecular formula is C43H68O8. The maximum Gasteiger partial charge on any atom is 0.331 e.